The summed E-state index contributed by atoms with van der Waals surface area (Å²) in [6, 6.07) is 7.79. The molecule has 0 spiro atoms. The zero-order valence-corrected chi connectivity index (χ0v) is 21.1. The summed E-state index contributed by atoms with van der Waals surface area (Å²) < 4.78 is 0. The molecule has 0 aromatic heterocycles. The molecule has 25 heavy (non-hydrogen) atoms. The number of allylic oxidation sites excluding steroid dienone is 4. The van der Waals surface area contributed by atoms with Crippen LogP contribution in [0.2, 0.25) is 25.7 Å². The van der Waals surface area contributed by atoms with Crippen molar-refractivity contribution in [3.8, 4) is 5.75 Å². The molecule has 2 aliphatic rings. The number of halogens is 2. The van der Waals surface area contributed by atoms with Gasteiger partial charge in [-0.3, -0.25) is 0 Å². The molecule has 0 bridgehead atoms. The van der Waals surface area contributed by atoms with Gasteiger partial charge in [-0.25, -0.2) is 0 Å². The van der Waals surface area contributed by atoms with Crippen LogP contribution >= 0.6 is 0 Å². The van der Waals surface area contributed by atoms with E-state index >= 15 is 0 Å². The summed E-state index contributed by atoms with van der Waals surface area (Å²) in [5.74, 6) is 0.571. The third-order valence-corrected chi connectivity index (χ3v) is 24.6. The quantitative estimate of drug-likeness (QED) is 0.391. The zero-order valence-electron chi connectivity index (χ0n) is 15.1. The van der Waals surface area contributed by atoms with E-state index in [1.807, 2.05) is 6.07 Å². The summed E-state index contributed by atoms with van der Waals surface area (Å²) in [6.07, 6.45) is 7.75. The van der Waals surface area contributed by atoms with Gasteiger partial charge in [-0.1, -0.05) is 56.9 Å². The van der Waals surface area contributed by atoms with Gasteiger partial charge in [0, 0.05) is 20.9 Å². The Labute approximate surface area is 183 Å². The second kappa shape index (κ2) is 7.56. The molecule has 0 saturated carbocycles. The molecule has 1 N–H and O–H groups in total. The molecule has 0 amide bonds. The topological polar surface area (TPSA) is 20.2 Å². The molecule has 1 unspecified atom stereocenters. The zero-order chi connectivity index (χ0) is 15.7. The Bertz CT molecular complexity index is 870. The minimum Gasteiger partial charge on any atom is -1.00 e. The van der Waals surface area contributed by atoms with Crippen molar-refractivity contribution >= 4 is 41.9 Å². The van der Waals surface area contributed by atoms with E-state index in [1.165, 1.54) is 33.1 Å². The molecule has 1 heterocycles. The molecule has 4 rings (SSSR count). The molecule has 0 saturated heterocycles. The Morgan fingerprint density at radius 3 is 2.44 bits per heavy atom. The number of benzene rings is 1. The van der Waals surface area contributed by atoms with Crippen LogP contribution in [0.4, 0.5) is 0 Å². The maximum atomic E-state index is 10.6. The number of rotatable bonds is 3. The fourth-order valence-corrected chi connectivity index (χ4v) is 17.1. The minimum atomic E-state index is -1.73. The summed E-state index contributed by atoms with van der Waals surface area (Å²) in [6.45, 7) is 9.92. The predicted octanol–water partition coefficient (Wildman–Crippen LogP) is -2.07. The fourth-order valence-electron chi connectivity index (χ4n) is 4.39. The van der Waals surface area contributed by atoms with Crippen LogP contribution in [-0.4, -0.2) is 20.3 Å². The Morgan fingerprint density at radius 2 is 1.88 bits per heavy atom. The van der Waals surface area contributed by atoms with Crippen LogP contribution in [-0.2, 0) is 26.2 Å². The second-order valence-electron chi connectivity index (χ2n) is 7.54. The monoisotopic (exact) mass is 483 g/mol. The third kappa shape index (κ3) is 2.84. The van der Waals surface area contributed by atoms with Crippen LogP contribution in [0.3, 0.4) is 0 Å². The van der Waals surface area contributed by atoms with Gasteiger partial charge < -0.3 is 29.9 Å². The van der Waals surface area contributed by atoms with Crippen molar-refractivity contribution in [3.63, 3.8) is 0 Å². The van der Waals surface area contributed by atoms with Gasteiger partial charge in [0.25, 0.3) is 0 Å². The van der Waals surface area contributed by atoms with E-state index in [2.05, 4.69) is 56.9 Å². The van der Waals surface area contributed by atoms with E-state index < -0.39 is 15.2 Å². The second-order valence-corrected chi connectivity index (χ2v) is 22.3. The first-order valence-electron chi connectivity index (χ1n) is 8.24. The van der Waals surface area contributed by atoms with E-state index in [0.717, 1.165) is 6.42 Å². The van der Waals surface area contributed by atoms with Gasteiger partial charge in [0.2, 0.25) is 0 Å². The maximum Gasteiger partial charge on any atom is 3.00 e. The van der Waals surface area contributed by atoms with Gasteiger partial charge in [-0.05, 0) is 17.6 Å². The smallest absolute Gasteiger partial charge is 1.00 e. The maximum absolute atomic E-state index is 10.6. The summed E-state index contributed by atoms with van der Waals surface area (Å²) in [5, 5.41) is 16.2. The fraction of sp³-hybridized carbons (Fsp3) is 0.316. The van der Waals surface area contributed by atoms with Gasteiger partial charge in [0.15, 0.2) is 0 Å². The Kier molecular flexibility index (Phi) is 6.97. The normalized spacial score (nSPS) is 20.2. The first-order valence-corrected chi connectivity index (χ1v) is 14.9. The average Bonchev–Trinajstić information content (AvgIpc) is 3.10. The molecule has 1 aliphatic carbocycles. The first-order chi connectivity index (χ1) is 10.4. The Morgan fingerprint density at radius 1 is 1.20 bits per heavy atom. The Balaban J connectivity index is 0.00000104. The van der Waals surface area contributed by atoms with Crippen molar-refractivity contribution in [3.05, 3.63) is 42.0 Å². The number of hydrogen-bond donors (Lipinski definition) is 1. The largest absolute Gasteiger partial charge is 3.00 e. The molecule has 1 nitrogen and oxygen atoms in total. The minimum absolute atomic E-state index is 0. The van der Waals surface area contributed by atoms with Crippen LogP contribution in [0.25, 0.3) is 16.3 Å². The molecule has 1 atom stereocenters. The number of hydrogen-bond acceptors (Lipinski definition) is 1. The number of aromatic hydroxyl groups is 1. The van der Waals surface area contributed by atoms with Gasteiger partial charge in [-0.15, -0.1) is 33.3 Å². The van der Waals surface area contributed by atoms with E-state index in [0.29, 0.717) is 5.75 Å². The molecule has 2 aromatic carbocycles. The van der Waals surface area contributed by atoms with Crippen molar-refractivity contribution in [2.24, 2.45) is 0 Å². The Hall–Kier alpha value is 0.00688. The average molecular weight is 486 g/mol. The van der Waals surface area contributed by atoms with E-state index in [9.17, 15) is 5.11 Å². The van der Waals surface area contributed by atoms with Crippen LogP contribution in [0.1, 0.15) is 18.9 Å². The predicted molar refractivity (Wildman–Crippen MR) is 102 cm³/mol. The summed E-state index contributed by atoms with van der Waals surface area (Å²) in [7, 11) is -3.12. The third-order valence-electron chi connectivity index (χ3n) is 6.39. The summed E-state index contributed by atoms with van der Waals surface area (Å²) in [5.41, 5.74) is 2.93. The van der Waals surface area contributed by atoms with Gasteiger partial charge >= 0.3 is 26.2 Å². The van der Waals surface area contributed by atoms with Crippen LogP contribution in [0.5, 0.6) is 5.75 Å². The van der Waals surface area contributed by atoms with Gasteiger partial charge in [0.05, 0.1) is 0 Å². The van der Waals surface area contributed by atoms with Crippen molar-refractivity contribution in [2.75, 3.05) is 0 Å². The standard InChI is InChI=1S/C19H23OSi2.2ClH.Zr/c1-5-21(2,3)22(4)18-15(13-8-6-7-9-13)11-10-14-12-16(20)19(22)17(14)18;;;/h6-8,10-12,20H,5,9H2,1-4H3;2*1H;/q-1;;;+3/p-2. The van der Waals surface area contributed by atoms with Crippen LogP contribution < -0.4 is 35.2 Å². The van der Waals surface area contributed by atoms with Gasteiger partial charge in [0.1, 0.15) is 0 Å². The van der Waals surface area contributed by atoms with Crippen molar-refractivity contribution in [1.82, 2.24) is 0 Å². The van der Waals surface area contributed by atoms with Crippen molar-refractivity contribution in [2.45, 2.75) is 39.0 Å². The molecule has 2 aromatic rings. The van der Waals surface area contributed by atoms with E-state index in [-0.39, 0.29) is 51.0 Å². The molecule has 1 aliphatic heterocycles. The SMILES string of the molecule is CC[Si](C)(C)[Si]1(C)c2c(C3=CC=CC3)ccc3[cH-]c(O)c1c23.[Cl-].[Cl-].[Zr+3]. The summed E-state index contributed by atoms with van der Waals surface area (Å²) >= 11 is 0. The van der Waals surface area contributed by atoms with Crippen LogP contribution in [0, 0.1) is 0 Å². The molecule has 6 heteroatoms. The molecule has 1 radical (unpaired) electrons. The molecule has 0 fully saturated rings. The molecule has 131 valence electrons. The van der Waals surface area contributed by atoms with Crippen LogP contribution in [0.15, 0.2) is 36.4 Å². The first kappa shape index (κ1) is 23.0. The van der Waals surface area contributed by atoms with E-state index in [1.54, 1.807) is 5.19 Å². The van der Waals surface area contributed by atoms with E-state index in [4.69, 9.17) is 0 Å². The molecular formula is C19H23Cl2OSi2Zr. The summed E-state index contributed by atoms with van der Waals surface area (Å²) in [4.78, 5) is 0. The van der Waals surface area contributed by atoms with Gasteiger partial charge in [-0.2, -0.15) is 0 Å². The molecular weight excluding hydrogens is 463 g/mol. The van der Waals surface area contributed by atoms with Crippen molar-refractivity contribution in [1.29, 1.82) is 0 Å². The van der Waals surface area contributed by atoms with Crippen molar-refractivity contribution < 1.29 is 56.1 Å².